The molecule has 0 bridgehead atoms. The quantitative estimate of drug-likeness (QED) is 0.462. The minimum absolute atomic E-state index is 0.0364. The number of hydrogen-bond acceptors (Lipinski definition) is 3. The number of hydrogen-bond donors (Lipinski definition) is 3. The molecule has 1 atom stereocenters. The molecule has 1 heterocycles. The highest BCUT2D eigenvalue weighted by Gasteiger charge is 2.24. The number of amides is 1. The minimum atomic E-state index is -0.215. The summed E-state index contributed by atoms with van der Waals surface area (Å²) in [6, 6.07) is 14.5. The van der Waals surface area contributed by atoms with E-state index in [9.17, 15) is 9.18 Å². The number of likely N-dealkylation sites (N-methyl/N-ethyl adjacent to an activating group) is 1. The van der Waals surface area contributed by atoms with Crippen molar-refractivity contribution >= 4 is 17.6 Å². The van der Waals surface area contributed by atoms with Gasteiger partial charge >= 0.3 is 0 Å². The summed E-state index contributed by atoms with van der Waals surface area (Å²) in [7, 11) is 2.03. The van der Waals surface area contributed by atoms with Crippen LogP contribution in [0.4, 0.5) is 10.1 Å². The Kier molecular flexibility index (Phi) is 7.79. The lowest BCUT2D eigenvalue weighted by Gasteiger charge is -2.24. The Bertz CT molecular complexity index is 868. The maximum absolute atomic E-state index is 13.0. The summed E-state index contributed by atoms with van der Waals surface area (Å²) in [4.78, 5) is 18.9. The van der Waals surface area contributed by atoms with Crippen LogP contribution in [0.2, 0.25) is 0 Å². The zero-order chi connectivity index (χ0) is 21.3. The van der Waals surface area contributed by atoms with Crippen molar-refractivity contribution in [3.63, 3.8) is 0 Å². The van der Waals surface area contributed by atoms with E-state index >= 15 is 0 Å². The van der Waals surface area contributed by atoms with Gasteiger partial charge in [-0.05, 0) is 43.3 Å². The molecule has 1 unspecified atom stereocenters. The van der Waals surface area contributed by atoms with Gasteiger partial charge in [0.05, 0.1) is 6.54 Å². The molecule has 0 saturated heterocycles. The van der Waals surface area contributed by atoms with E-state index in [1.165, 1.54) is 12.1 Å². The average molecular weight is 412 g/mol. The Balaban J connectivity index is 1.52. The number of guanidine groups is 1. The molecule has 160 valence electrons. The molecular weight excluding hydrogens is 381 g/mol. The maximum atomic E-state index is 13.0. The number of nitrogens with zero attached hydrogens (tertiary/aromatic N) is 2. The fourth-order valence-electron chi connectivity index (χ4n) is 3.55. The number of benzene rings is 2. The van der Waals surface area contributed by atoms with Gasteiger partial charge in [0.15, 0.2) is 5.96 Å². The molecule has 1 aliphatic heterocycles. The summed E-state index contributed by atoms with van der Waals surface area (Å²) < 4.78 is 13.0. The smallest absolute Gasteiger partial charge is 0.225 e. The second-order valence-corrected chi connectivity index (χ2v) is 7.55. The Morgan fingerprint density at radius 1 is 1.20 bits per heavy atom. The van der Waals surface area contributed by atoms with Crippen LogP contribution in [0.15, 0.2) is 53.5 Å². The zero-order valence-corrected chi connectivity index (χ0v) is 17.6. The highest BCUT2D eigenvalue weighted by molar-refractivity contribution is 5.94. The second kappa shape index (κ2) is 10.7. The number of carbonyl (C=O) groups excluding carboxylic acids is 1. The molecule has 30 heavy (non-hydrogen) atoms. The number of nitrogens with one attached hydrogen (secondary N) is 3. The van der Waals surface area contributed by atoms with E-state index in [1.807, 2.05) is 44.3 Å². The third kappa shape index (κ3) is 6.29. The first kappa shape index (κ1) is 21.8. The maximum Gasteiger partial charge on any atom is 0.225 e. The number of carbonyl (C=O) groups is 1. The minimum Gasteiger partial charge on any atom is -0.357 e. The van der Waals surface area contributed by atoms with Crippen molar-refractivity contribution in [3.05, 3.63) is 65.5 Å². The molecule has 7 heteroatoms. The number of halogens is 1. The van der Waals surface area contributed by atoms with Crippen molar-refractivity contribution in [3.8, 4) is 0 Å². The molecule has 3 N–H and O–H groups in total. The number of rotatable bonds is 8. The van der Waals surface area contributed by atoms with E-state index in [4.69, 9.17) is 4.99 Å². The van der Waals surface area contributed by atoms with Crippen molar-refractivity contribution in [2.45, 2.75) is 25.8 Å². The van der Waals surface area contributed by atoms with Crippen LogP contribution in [0.5, 0.6) is 0 Å². The van der Waals surface area contributed by atoms with Crippen molar-refractivity contribution in [1.82, 2.24) is 15.5 Å². The van der Waals surface area contributed by atoms with E-state index in [2.05, 4.69) is 26.9 Å². The Morgan fingerprint density at radius 3 is 2.73 bits per heavy atom. The highest BCUT2D eigenvalue weighted by Crippen LogP contribution is 2.31. The normalized spacial score (nSPS) is 16.2. The lowest BCUT2D eigenvalue weighted by Crippen LogP contribution is -2.41. The van der Waals surface area contributed by atoms with E-state index in [0.717, 1.165) is 49.0 Å². The number of para-hydroxylation sites is 1. The first-order valence-corrected chi connectivity index (χ1v) is 10.4. The first-order valence-electron chi connectivity index (χ1n) is 10.4. The molecule has 0 fully saturated rings. The molecule has 0 radical (unpaired) electrons. The molecule has 0 spiro atoms. The molecule has 1 aliphatic rings. The van der Waals surface area contributed by atoms with Gasteiger partial charge < -0.3 is 20.9 Å². The van der Waals surface area contributed by atoms with E-state index in [0.29, 0.717) is 13.0 Å². The average Bonchev–Trinajstić information content (AvgIpc) is 2.73. The van der Waals surface area contributed by atoms with Crippen molar-refractivity contribution in [1.29, 1.82) is 0 Å². The number of aliphatic imine (C=N–C) groups is 1. The van der Waals surface area contributed by atoms with Crippen LogP contribution < -0.4 is 16.0 Å². The van der Waals surface area contributed by atoms with Gasteiger partial charge in [0.2, 0.25) is 5.91 Å². The highest BCUT2D eigenvalue weighted by atomic mass is 19.1. The van der Waals surface area contributed by atoms with Crippen molar-refractivity contribution in [2.24, 2.45) is 4.99 Å². The van der Waals surface area contributed by atoms with Crippen molar-refractivity contribution < 1.29 is 9.18 Å². The van der Waals surface area contributed by atoms with Crippen LogP contribution in [0.1, 0.15) is 30.4 Å². The van der Waals surface area contributed by atoms with Crippen molar-refractivity contribution in [2.75, 3.05) is 38.5 Å². The van der Waals surface area contributed by atoms with E-state index in [1.54, 1.807) is 0 Å². The molecule has 0 saturated carbocycles. The van der Waals surface area contributed by atoms with Gasteiger partial charge in [0, 0.05) is 44.2 Å². The van der Waals surface area contributed by atoms with Crippen LogP contribution in [-0.4, -0.2) is 50.0 Å². The molecule has 1 amide bonds. The third-order valence-corrected chi connectivity index (χ3v) is 5.07. The van der Waals surface area contributed by atoms with Gasteiger partial charge in [0.25, 0.3) is 0 Å². The summed E-state index contributed by atoms with van der Waals surface area (Å²) in [5.74, 6) is 0.643. The third-order valence-electron chi connectivity index (χ3n) is 5.07. The monoisotopic (exact) mass is 411 g/mol. The summed E-state index contributed by atoms with van der Waals surface area (Å²) in [6.45, 7) is 5.64. The molecule has 0 aliphatic carbocycles. The fraction of sp³-hybridized carbons (Fsp3) is 0.391. The van der Waals surface area contributed by atoms with Crippen LogP contribution in [0.3, 0.4) is 0 Å². The molecule has 2 aromatic rings. The van der Waals surface area contributed by atoms with Crippen LogP contribution in [0, 0.1) is 5.82 Å². The number of anilines is 1. The standard InChI is InChI=1S/C23H30FN5O/c1-3-25-23(26-12-13-29(2)16-17-8-10-19(24)11-9-17)27-15-18-14-22(30)28-21-7-5-4-6-20(18)21/h4-11,18H,3,12-16H2,1-2H3,(H,28,30)(H2,25,26,27). The predicted molar refractivity (Wildman–Crippen MR) is 119 cm³/mol. The van der Waals surface area contributed by atoms with Gasteiger partial charge in [-0.3, -0.25) is 9.79 Å². The van der Waals surface area contributed by atoms with Gasteiger partial charge in [-0.2, -0.15) is 0 Å². The molecule has 6 nitrogen and oxygen atoms in total. The number of fused-ring (bicyclic) bond motifs is 1. The van der Waals surface area contributed by atoms with E-state index in [-0.39, 0.29) is 17.6 Å². The fourth-order valence-corrected chi connectivity index (χ4v) is 3.55. The Morgan fingerprint density at radius 2 is 1.97 bits per heavy atom. The van der Waals surface area contributed by atoms with Gasteiger partial charge in [-0.1, -0.05) is 30.3 Å². The van der Waals surface area contributed by atoms with Crippen LogP contribution in [-0.2, 0) is 11.3 Å². The summed E-state index contributed by atoms with van der Waals surface area (Å²) >= 11 is 0. The summed E-state index contributed by atoms with van der Waals surface area (Å²) in [6.07, 6.45) is 0.445. The van der Waals surface area contributed by atoms with Crippen LogP contribution >= 0.6 is 0 Å². The molecular formula is C23H30FN5O. The Hall–Kier alpha value is -2.93. The first-order chi connectivity index (χ1) is 14.5. The largest absolute Gasteiger partial charge is 0.357 e. The van der Waals surface area contributed by atoms with Crippen LogP contribution in [0.25, 0.3) is 0 Å². The molecule has 3 rings (SSSR count). The molecule has 0 aromatic heterocycles. The van der Waals surface area contributed by atoms with Gasteiger partial charge in [0.1, 0.15) is 5.82 Å². The lowest BCUT2D eigenvalue weighted by atomic mass is 9.91. The van der Waals surface area contributed by atoms with E-state index < -0.39 is 0 Å². The Labute approximate surface area is 177 Å². The van der Waals surface area contributed by atoms with Gasteiger partial charge in [-0.15, -0.1) is 0 Å². The van der Waals surface area contributed by atoms with Gasteiger partial charge in [-0.25, -0.2) is 4.39 Å². The SMILES string of the molecule is CCNC(=NCC1CC(=O)Nc2ccccc21)NCCN(C)Cc1ccc(F)cc1. The topological polar surface area (TPSA) is 68.8 Å². The summed E-state index contributed by atoms with van der Waals surface area (Å²) in [5.41, 5.74) is 3.10. The molecule has 2 aromatic carbocycles. The second-order valence-electron chi connectivity index (χ2n) is 7.55. The lowest BCUT2D eigenvalue weighted by molar-refractivity contribution is -0.116. The predicted octanol–water partition coefficient (Wildman–Crippen LogP) is 2.94. The summed E-state index contributed by atoms with van der Waals surface area (Å²) in [5, 5.41) is 9.55. The zero-order valence-electron chi connectivity index (χ0n) is 17.6.